The zero-order chi connectivity index (χ0) is 17.4. The van der Waals surface area contributed by atoms with Crippen molar-refractivity contribution in [1.82, 2.24) is 4.90 Å². The van der Waals surface area contributed by atoms with Crippen molar-refractivity contribution < 1.29 is 9.18 Å². The summed E-state index contributed by atoms with van der Waals surface area (Å²) in [4.78, 5) is 15.5. The minimum atomic E-state index is -0.664. The number of fused-ring (bicyclic) bond motifs is 1. The van der Waals surface area contributed by atoms with Gasteiger partial charge in [-0.3, -0.25) is 4.79 Å². The summed E-state index contributed by atoms with van der Waals surface area (Å²) in [7, 11) is 0. The van der Waals surface area contributed by atoms with Gasteiger partial charge in [0.15, 0.2) is 0 Å². The van der Waals surface area contributed by atoms with Crippen molar-refractivity contribution in [3.63, 3.8) is 0 Å². The molecule has 130 valence electrons. The predicted octanol–water partition coefficient (Wildman–Crippen LogP) is 3.02. The molecule has 0 unspecified atom stereocenters. The van der Waals surface area contributed by atoms with Gasteiger partial charge in [0.05, 0.1) is 5.41 Å². The van der Waals surface area contributed by atoms with E-state index in [0.717, 1.165) is 24.8 Å². The lowest BCUT2D eigenvalue weighted by Crippen LogP contribution is -2.59. The lowest BCUT2D eigenvalue weighted by molar-refractivity contribution is -0.145. The normalized spacial score (nSPS) is 25.2. The molecular weight excluding hydrogens is 315 g/mol. The second-order valence-electron chi connectivity index (χ2n) is 7.20. The highest BCUT2D eigenvalue weighted by Crippen LogP contribution is 2.50. The van der Waals surface area contributed by atoms with E-state index < -0.39 is 5.41 Å². The van der Waals surface area contributed by atoms with Crippen LogP contribution in [0.2, 0.25) is 0 Å². The first-order valence-electron chi connectivity index (χ1n) is 8.97. The Morgan fingerprint density at radius 2 is 2.00 bits per heavy atom. The minimum absolute atomic E-state index is 0.0824. The summed E-state index contributed by atoms with van der Waals surface area (Å²) in [6.45, 7) is 1.79. The zero-order valence-corrected chi connectivity index (χ0v) is 14.2. The van der Waals surface area contributed by atoms with Crippen molar-refractivity contribution in [2.75, 3.05) is 13.1 Å². The largest absolute Gasteiger partial charge is 0.337 e. The van der Waals surface area contributed by atoms with Crippen molar-refractivity contribution in [3.8, 4) is 0 Å². The first-order chi connectivity index (χ1) is 12.1. The highest BCUT2D eigenvalue weighted by atomic mass is 19.1. The summed E-state index contributed by atoms with van der Waals surface area (Å²) in [6.07, 6.45) is 2.53. The molecule has 2 aromatic rings. The molecule has 1 aliphatic heterocycles. The van der Waals surface area contributed by atoms with E-state index in [0.29, 0.717) is 19.6 Å². The molecule has 3 nitrogen and oxygen atoms in total. The topological polar surface area (TPSA) is 46.3 Å². The van der Waals surface area contributed by atoms with Crippen LogP contribution in [-0.4, -0.2) is 23.9 Å². The van der Waals surface area contributed by atoms with Crippen LogP contribution in [0.3, 0.4) is 0 Å². The van der Waals surface area contributed by atoms with E-state index in [1.165, 1.54) is 23.3 Å². The van der Waals surface area contributed by atoms with E-state index in [-0.39, 0.29) is 17.6 Å². The molecule has 1 amide bonds. The molecule has 1 aliphatic carbocycles. The fraction of sp³-hybridized carbons (Fsp3) is 0.381. The maximum atomic E-state index is 13.8. The Balaban J connectivity index is 1.68. The van der Waals surface area contributed by atoms with Crippen LogP contribution >= 0.6 is 0 Å². The third-order valence-electron chi connectivity index (χ3n) is 6.01. The van der Waals surface area contributed by atoms with Crippen molar-refractivity contribution in [3.05, 3.63) is 71.0 Å². The molecule has 2 aromatic carbocycles. The summed E-state index contributed by atoms with van der Waals surface area (Å²) in [6, 6.07) is 14.8. The molecule has 0 spiro atoms. The van der Waals surface area contributed by atoms with E-state index in [1.807, 2.05) is 23.1 Å². The van der Waals surface area contributed by atoms with E-state index in [2.05, 4.69) is 12.1 Å². The lowest BCUT2D eigenvalue weighted by atomic mass is 9.55. The van der Waals surface area contributed by atoms with Gasteiger partial charge < -0.3 is 10.6 Å². The Labute approximate surface area is 147 Å². The van der Waals surface area contributed by atoms with Gasteiger partial charge in [-0.1, -0.05) is 36.4 Å². The number of hydrogen-bond acceptors (Lipinski definition) is 2. The third-order valence-corrected chi connectivity index (χ3v) is 6.01. The Bertz CT molecular complexity index is 804. The van der Waals surface area contributed by atoms with Crippen LogP contribution in [0.25, 0.3) is 0 Å². The molecule has 0 aromatic heterocycles. The van der Waals surface area contributed by atoms with Crippen LogP contribution in [0.15, 0.2) is 48.5 Å². The maximum absolute atomic E-state index is 13.8. The smallest absolute Gasteiger partial charge is 0.233 e. The SMILES string of the molecule is NC[C@@H]1CC[C@@]1(C(=O)N1CCc2ccccc2C1)c1cccc(F)c1. The maximum Gasteiger partial charge on any atom is 0.233 e. The Morgan fingerprint density at radius 3 is 2.68 bits per heavy atom. The van der Waals surface area contributed by atoms with Gasteiger partial charge in [-0.15, -0.1) is 0 Å². The number of nitrogens with two attached hydrogens (primary N) is 1. The Hall–Kier alpha value is -2.20. The molecule has 0 saturated heterocycles. The summed E-state index contributed by atoms with van der Waals surface area (Å²) >= 11 is 0. The van der Waals surface area contributed by atoms with Crippen LogP contribution in [-0.2, 0) is 23.2 Å². The molecule has 4 heteroatoms. The summed E-state index contributed by atoms with van der Waals surface area (Å²) < 4.78 is 13.8. The quantitative estimate of drug-likeness (QED) is 0.935. The number of nitrogens with zero attached hydrogens (tertiary/aromatic N) is 1. The predicted molar refractivity (Wildman–Crippen MR) is 95.4 cm³/mol. The van der Waals surface area contributed by atoms with Crippen LogP contribution in [0.4, 0.5) is 4.39 Å². The first-order valence-corrected chi connectivity index (χ1v) is 8.97. The summed E-state index contributed by atoms with van der Waals surface area (Å²) in [5.41, 5.74) is 8.60. The van der Waals surface area contributed by atoms with E-state index in [4.69, 9.17) is 5.73 Å². The molecule has 1 fully saturated rings. The third kappa shape index (κ3) is 2.56. The molecule has 0 radical (unpaired) electrons. The molecule has 25 heavy (non-hydrogen) atoms. The highest BCUT2D eigenvalue weighted by molar-refractivity contribution is 5.90. The number of hydrogen-bond donors (Lipinski definition) is 1. The van der Waals surface area contributed by atoms with Gasteiger partial charge in [-0.25, -0.2) is 4.39 Å². The Morgan fingerprint density at radius 1 is 1.20 bits per heavy atom. The fourth-order valence-electron chi connectivity index (χ4n) is 4.46. The molecule has 2 N–H and O–H groups in total. The van der Waals surface area contributed by atoms with E-state index >= 15 is 0 Å². The number of halogens is 1. The number of amides is 1. The van der Waals surface area contributed by atoms with Gasteiger partial charge in [0.1, 0.15) is 5.82 Å². The fourth-order valence-corrected chi connectivity index (χ4v) is 4.46. The molecule has 4 rings (SSSR count). The van der Waals surface area contributed by atoms with Gasteiger partial charge in [-0.05, 0) is 60.5 Å². The van der Waals surface area contributed by atoms with E-state index in [9.17, 15) is 9.18 Å². The molecular formula is C21H23FN2O. The molecule has 0 bridgehead atoms. The second kappa shape index (κ2) is 6.26. The number of carbonyl (C=O) groups excluding carboxylic acids is 1. The Kier molecular flexibility index (Phi) is 4.08. The van der Waals surface area contributed by atoms with Gasteiger partial charge >= 0.3 is 0 Å². The van der Waals surface area contributed by atoms with Crippen LogP contribution in [0.5, 0.6) is 0 Å². The van der Waals surface area contributed by atoms with Crippen molar-refractivity contribution in [2.45, 2.75) is 31.2 Å². The zero-order valence-electron chi connectivity index (χ0n) is 14.2. The standard InChI is InChI=1S/C21H23FN2O/c22-19-7-3-6-17(12-19)21(10-8-18(21)13-23)20(25)24-11-9-15-4-1-2-5-16(15)14-24/h1-7,12,18H,8-11,13-14,23H2/t18-,21+/m0/s1. The van der Waals surface area contributed by atoms with Crippen molar-refractivity contribution >= 4 is 5.91 Å². The second-order valence-corrected chi connectivity index (χ2v) is 7.20. The average molecular weight is 338 g/mol. The van der Waals surface area contributed by atoms with Gasteiger partial charge in [0.25, 0.3) is 0 Å². The van der Waals surface area contributed by atoms with Crippen LogP contribution < -0.4 is 5.73 Å². The molecule has 1 saturated carbocycles. The number of carbonyl (C=O) groups is 1. The van der Waals surface area contributed by atoms with Gasteiger partial charge in [-0.2, -0.15) is 0 Å². The molecule has 2 atom stereocenters. The van der Waals surface area contributed by atoms with Crippen molar-refractivity contribution in [2.24, 2.45) is 11.7 Å². The highest BCUT2D eigenvalue weighted by Gasteiger charge is 2.54. The molecule has 2 aliphatic rings. The van der Waals surface area contributed by atoms with E-state index in [1.54, 1.807) is 6.07 Å². The monoisotopic (exact) mass is 338 g/mol. The first kappa shape index (κ1) is 16.3. The summed E-state index contributed by atoms with van der Waals surface area (Å²) in [5.74, 6) is -0.107. The number of benzene rings is 2. The van der Waals surface area contributed by atoms with Crippen LogP contribution in [0.1, 0.15) is 29.5 Å². The van der Waals surface area contributed by atoms with Crippen molar-refractivity contribution in [1.29, 1.82) is 0 Å². The van der Waals surface area contributed by atoms with Crippen LogP contribution in [0, 0.1) is 11.7 Å². The van der Waals surface area contributed by atoms with Gasteiger partial charge in [0.2, 0.25) is 5.91 Å². The van der Waals surface area contributed by atoms with Gasteiger partial charge in [0, 0.05) is 13.1 Å². The number of rotatable bonds is 3. The lowest BCUT2D eigenvalue weighted by Gasteiger charge is -2.51. The molecule has 1 heterocycles. The summed E-state index contributed by atoms with van der Waals surface area (Å²) in [5, 5.41) is 0. The minimum Gasteiger partial charge on any atom is -0.337 e. The average Bonchev–Trinajstić information content (AvgIpc) is 2.61.